The highest BCUT2D eigenvalue weighted by Crippen LogP contribution is 2.20. The van der Waals surface area contributed by atoms with E-state index in [4.69, 9.17) is 10.5 Å². The number of amides is 1. The number of pyridine rings is 1. The van der Waals surface area contributed by atoms with Gasteiger partial charge in [-0.3, -0.25) is 0 Å². The maximum absolute atomic E-state index is 12.8. The fourth-order valence-electron chi connectivity index (χ4n) is 1.68. The topological polar surface area (TPSA) is 83.0 Å². The number of carbonyl (C=O) groups is 1. The summed E-state index contributed by atoms with van der Waals surface area (Å²) in [5.74, 6) is 0.0379. The summed E-state index contributed by atoms with van der Waals surface area (Å²) < 4.78 is 19.1. The third kappa shape index (κ3) is 3.06. The van der Waals surface area contributed by atoms with Gasteiger partial charge in [0.2, 0.25) is 0 Å². The minimum absolute atomic E-state index is 0.436. The second-order valence-electron chi connectivity index (χ2n) is 3.89. The molecule has 1 atom stereocenters. The van der Waals surface area contributed by atoms with Crippen molar-refractivity contribution in [3.63, 3.8) is 0 Å². The Morgan fingerprint density at radius 2 is 2.32 bits per heavy atom. The molecule has 2 heterocycles. The van der Waals surface area contributed by atoms with Gasteiger partial charge < -0.3 is 10.5 Å². The molecule has 1 unspecified atom stereocenters. The second-order valence-corrected chi connectivity index (χ2v) is 3.89. The lowest BCUT2D eigenvalue weighted by molar-refractivity contribution is 0.104. The van der Waals surface area contributed by atoms with Crippen LogP contribution in [-0.2, 0) is 4.74 Å². The van der Waals surface area contributed by atoms with Gasteiger partial charge >= 0.3 is 6.09 Å². The number of nitrogens with two attached hydrogens (primary N) is 1. The summed E-state index contributed by atoms with van der Waals surface area (Å²) in [4.78, 5) is 14.9. The largest absolute Gasteiger partial charge is 0.441 e. The fraction of sp³-hybridized carbons (Fsp3) is 0.250. The Morgan fingerprint density at radius 1 is 1.53 bits per heavy atom. The monoisotopic (exact) mass is 264 g/mol. The molecule has 0 aliphatic rings. The molecule has 0 radical (unpaired) electrons. The van der Waals surface area contributed by atoms with Crippen LogP contribution in [0.2, 0.25) is 0 Å². The van der Waals surface area contributed by atoms with E-state index in [0.29, 0.717) is 12.2 Å². The van der Waals surface area contributed by atoms with Crippen molar-refractivity contribution in [1.29, 1.82) is 0 Å². The molecule has 0 bridgehead atoms. The average Bonchev–Trinajstić information content (AvgIpc) is 2.83. The molecule has 2 N–H and O–H groups in total. The Bertz CT molecular complexity index is 567. The van der Waals surface area contributed by atoms with Gasteiger partial charge in [-0.05, 0) is 12.5 Å². The molecule has 0 fully saturated rings. The summed E-state index contributed by atoms with van der Waals surface area (Å²) in [5, 5.41) is 3.80. The standard InChI is InChI=1S/C12H13FN4O2/c1-2-10(19-12(14)18)8-3-4-11(15-5-8)17-7-9(13)6-16-17/h3-7,10H,2H2,1H3,(H2,14,18). The minimum atomic E-state index is -0.829. The number of hydrogen-bond donors (Lipinski definition) is 1. The Hall–Kier alpha value is -2.44. The van der Waals surface area contributed by atoms with Crippen LogP contribution in [-0.4, -0.2) is 20.9 Å². The summed E-state index contributed by atoms with van der Waals surface area (Å²) in [6.45, 7) is 1.87. The van der Waals surface area contributed by atoms with Gasteiger partial charge in [-0.15, -0.1) is 0 Å². The lowest BCUT2D eigenvalue weighted by Gasteiger charge is -2.14. The van der Waals surface area contributed by atoms with Gasteiger partial charge in [0.15, 0.2) is 11.6 Å². The highest BCUT2D eigenvalue weighted by molar-refractivity contribution is 5.65. The van der Waals surface area contributed by atoms with Crippen molar-refractivity contribution < 1.29 is 13.9 Å². The molecule has 2 rings (SSSR count). The van der Waals surface area contributed by atoms with Crippen LogP contribution in [0.25, 0.3) is 5.82 Å². The van der Waals surface area contributed by atoms with E-state index < -0.39 is 18.0 Å². The first-order valence-electron chi connectivity index (χ1n) is 5.72. The summed E-state index contributed by atoms with van der Waals surface area (Å²) >= 11 is 0. The molecule has 0 saturated carbocycles. The zero-order chi connectivity index (χ0) is 13.8. The van der Waals surface area contributed by atoms with Crippen molar-refractivity contribution in [3.8, 4) is 5.82 Å². The first kappa shape index (κ1) is 13.0. The zero-order valence-electron chi connectivity index (χ0n) is 10.3. The van der Waals surface area contributed by atoms with Crippen LogP contribution in [0.15, 0.2) is 30.7 Å². The molecule has 0 aromatic carbocycles. The van der Waals surface area contributed by atoms with E-state index in [1.807, 2.05) is 6.92 Å². The summed E-state index contributed by atoms with van der Waals surface area (Å²) in [7, 11) is 0. The number of carbonyl (C=O) groups excluding carboxylic acids is 1. The predicted molar refractivity (Wildman–Crippen MR) is 65.0 cm³/mol. The summed E-state index contributed by atoms with van der Waals surface area (Å²) in [6, 6.07) is 3.40. The first-order valence-corrected chi connectivity index (χ1v) is 5.72. The number of nitrogens with zero attached hydrogens (tertiary/aromatic N) is 3. The van der Waals surface area contributed by atoms with Gasteiger partial charge in [-0.25, -0.2) is 18.9 Å². The molecule has 19 heavy (non-hydrogen) atoms. The minimum Gasteiger partial charge on any atom is -0.441 e. The van der Waals surface area contributed by atoms with Crippen LogP contribution in [0.4, 0.5) is 9.18 Å². The van der Waals surface area contributed by atoms with Gasteiger partial charge in [0, 0.05) is 11.8 Å². The third-order valence-electron chi connectivity index (χ3n) is 2.56. The van der Waals surface area contributed by atoms with Crippen molar-refractivity contribution in [2.75, 3.05) is 0 Å². The molecular formula is C12H13FN4O2. The SMILES string of the molecule is CCC(OC(N)=O)c1ccc(-n2cc(F)cn2)nc1. The number of aromatic nitrogens is 3. The maximum Gasteiger partial charge on any atom is 0.405 e. The van der Waals surface area contributed by atoms with Crippen LogP contribution in [0, 0.1) is 5.82 Å². The van der Waals surface area contributed by atoms with E-state index in [9.17, 15) is 9.18 Å². The highest BCUT2D eigenvalue weighted by Gasteiger charge is 2.13. The number of ether oxygens (including phenoxy) is 1. The molecule has 7 heteroatoms. The Kier molecular flexibility index (Phi) is 3.74. The van der Waals surface area contributed by atoms with E-state index in [1.54, 1.807) is 18.3 Å². The average molecular weight is 264 g/mol. The summed E-state index contributed by atoms with van der Waals surface area (Å²) in [6.07, 6.45) is 3.19. The van der Waals surface area contributed by atoms with Crippen molar-refractivity contribution in [2.24, 2.45) is 5.73 Å². The van der Waals surface area contributed by atoms with Crippen molar-refractivity contribution in [3.05, 3.63) is 42.1 Å². The number of halogens is 1. The number of rotatable bonds is 4. The molecule has 2 aromatic heterocycles. The van der Waals surface area contributed by atoms with Crippen LogP contribution in [0.1, 0.15) is 25.0 Å². The van der Waals surface area contributed by atoms with Crippen LogP contribution >= 0.6 is 0 Å². The van der Waals surface area contributed by atoms with Gasteiger partial charge in [-0.1, -0.05) is 13.0 Å². The summed E-state index contributed by atoms with van der Waals surface area (Å²) in [5.41, 5.74) is 5.71. The van der Waals surface area contributed by atoms with Crippen molar-refractivity contribution in [2.45, 2.75) is 19.4 Å². The zero-order valence-corrected chi connectivity index (χ0v) is 10.3. The number of primary amides is 1. The Morgan fingerprint density at radius 3 is 2.79 bits per heavy atom. The van der Waals surface area contributed by atoms with Crippen LogP contribution in [0.5, 0.6) is 0 Å². The molecule has 2 aromatic rings. The molecule has 6 nitrogen and oxygen atoms in total. The van der Waals surface area contributed by atoms with Gasteiger partial charge in [-0.2, -0.15) is 5.10 Å². The van der Waals surface area contributed by atoms with Gasteiger partial charge in [0.1, 0.15) is 6.10 Å². The quantitative estimate of drug-likeness (QED) is 0.914. The molecule has 100 valence electrons. The van der Waals surface area contributed by atoms with E-state index in [1.165, 1.54) is 10.9 Å². The van der Waals surface area contributed by atoms with E-state index in [0.717, 1.165) is 11.8 Å². The van der Waals surface area contributed by atoms with Crippen molar-refractivity contribution >= 4 is 6.09 Å². The molecule has 1 amide bonds. The fourth-order valence-corrected chi connectivity index (χ4v) is 1.68. The van der Waals surface area contributed by atoms with E-state index in [-0.39, 0.29) is 0 Å². The van der Waals surface area contributed by atoms with Crippen LogP contribution < -0.4 is 5.73 Å². The smallest absolute Gasteiger partial charge is 0.405 e. The highest BCUT2D eigenvalue weighted by atomic mass is 19.1. The lowest BCUT2D eigenvalue weighted by Crippen LogP contribution is -2.17. The van der Waals surface area contributed by atoms with Gasteiger partial charge in [0.05, 0.1) is 12.4 Å². The van der Waals surface area contributed by atoms with Gasteiger partial charge in [0.25, 0.3) is 0 Å². The third-order valence-corrected chi connectivity index (χ3v) is 2.56. The first-order chi connectivity index (χ1) is 9.10. The lowest BCUT2D eigenvalue weighted by atomic mass is 10.1. The van der Waals surface area contributed by atoms with E-state index in [2.05, 4.69) is 10.1 Å². The predicted octanol–water partition coefficient (Wildman–Crippen LogP) is 1.95. The Balaban J connectivity index is 2.19. The second kappa shape index (κ2) is 5.47. The normalized spacial score (nSPS) is 12.1. The molecule has 0 aliphatic heterocycles. The molecular weight excluding hydrogens is 251 g/mol. The molecule has 0 spiro atoms. The van der Waals surface area contributed by atoms with Crippen molar-refractivity contribution in [1.82, 2.24) is 14.8 Å². The number of hydrogen-bond acceptors (Lipinski definition) is 4. The molecule has 0 aliphatic carbocycles. The van der Waals surface area contributed by atoms with Crippen LogP contribution in [0.3, 0.4) is 0 Å². The Labute approximate surface area is 109 Å². The molecule has 0 saturated heterocycles. The maximum atomic E-state index is 12.8. The van der Waals surface area contributed by atoms with E-state index >= 15 is 0 Å².